The number of nitrogens with one attached hydrogen (secondary N) is 1. The summed E-state index contributed by atoms with van der Waals surface area (Å²) in [6.45, 7) is 1.92. The van der Waals surface area contributed by atoms with Gasteiger partial charge in [-0.3, -0.25) is 0 Å². The van der Waals surface area contributed by atoms with Crippen LogP contribution in [0.15, 0.2) is 0 Å². The summed E-state index contributed by atoms with van der Waals surface area (Å²) in [6.07, 6.45) is 0.514. The Labute approximate surface area is 65.4 Å². The summed E-state index contributed by atoms with van der Waals surface area (Å²) in [4.78, 5) is 10.1. The van der Waals surface area contributed by atoms with Gasteiger partial charge in [-0.15, -0.1) is 11.6 Å². The fourth-order valence-corrected chi connectivity index (χ4v) is 0.948. The first-order valence-electron chi connectivity index (χ1n) is 3.26. The molecule has 1 atom stereocenters. The van der Waals surface area contributed by atoms with Crippen molar-refractivity contribution < 1.29 is 9.90 Å². The van der Waals surface area contributed by atoms with E-state index in [4.69, 9.17) is 16.7 Å². The third-order valence-electron chi connectivity index (χ3n) is 1.28. The van der Waals surface area contributed by atoms with Crippen LogP contribution in [0, 0.1) is 0 Å². The van der Waals surface area contributed by atoms with Crippen LogP contribution in [0.2, 0.25) is 0 Å². The Morgan fingerprint density at radius 3 is 2.70 bits per heavy atom. The summed E-state index contributed by atoms with van der Waals surface area (Å²) < 4.78 is 0. The molecular formula is C6H12ClNO2. The Morgan fingerprint density at radius 1 is 1.80 bits per heavy atom. The molecular weight excluding hydrogens is 154 g/mol. The summed E-state index contributed by atoms with van der Waals surface area (Å²) in [5.41, 5.74) is 0. The van der Waals surface area contributed by atoms with Gasteiger partial charge in [0.1, 0.15) is 0 Å². The van der Waals surface area contributed by atoms with Crippen LogP contribution in [0.25, 0.3) is 0 Å². The van der Waals surface area contributed by atoms with Gasteiger partial charge in [0.2, 0.25) is 0 Å². The highest BCUT2D eigenvalue weighted by Gasteiger charge is 2.06. The minimum absolute atomic E-state index is 0.00926. The van der Waals surface area contributed by atoms with Gasteiger partial charge in [-0.2, -0.15) is 0 Å². The molecule has 0 aliphatic carbocycles. The third kappa shape index (κ3) is 4.44. The van der Waals surface area contributed by atoms with Crippen molar-refractivity contribution in [3.63, 3.8) is 0 Å². The van der Waals surface area contributed by atoms with Gasteiger partial charge in [-0.05, 0) is 12.8 Å². The van der Waals surface area contributed by atoms with E-state index in [1.807, 2.05) is 6.92 Å². The van der Waals surface area contributed by atoms with Crippen LogP contribution in [0.4, 0.5) is 4.79 Å². The van der Waals surface area contributed by atoms with Crippen LogP contribution in [0.5, 0.6) is 0 Å². The molecule has 2 N–H and O–H groups in total. The van der Waals surface area contributed by atoms with Crippen LogP contribution in [0.3, 0.4) is 0 Å². The van der Waals surface area contributed by atoms with Crippen LogP contribution >= 0.6 is 11.6 Å². The van der Waals surface area contributed by atoms with Crippen LogP contribution in [-0.2, 0) is 0 Å². The third-order valence-corrected chi connectivity index (χ3v) is 1.50. The first-order valence-corrected chi connectivity index (χ1v) is 3.79. The molecule has 0 aromatic rings. The Balaban J connectivity index is 3.49. The number of rotatable bonds is 4. The topological polar surface area (TPSA) is 49.3 Å². The minimum atomic E-state index is -0.975. The zero-order valence-corrected chi connectivity index (χ0v) is 6.69. The van der Waals surface area contributed by atoms with Gasteiger partial charge in [-0.1, -0.05) is 6.92 Å². The molecule has 3 nitrogen and oxygen atoms in total. The van der Waals surface area contributed by atoms with Crippen LogP contribution < -0.4 is 5.32 Å². The molecule has 60 valence electrons. The van der Waals surface area contributed by atoms with E-state index in [0.717, 1.165) is 6.42 Å². The highest BCUT2D eigenvalue weighted by Crippen LogP contribution is 1.98. The van der Waals surface area contributed by atoms with Crippen LogP contribution in [0.1, 0.15) is 19.8 Å². The van der Waals surface area contributed by atoms with E-state index in [9.17, 15) is 4.79 Å². The molecule has 1 unspecified atom stereocenters. The van der Waals surface area contributed by atoms with Crippen molar-refractivity contribution in [3.8, 4) is 0 Å². The van der Waals surface area contributed by atoms with E-state index >= 15 is 0 Å². The molecule has 0 rings (SSSR count). The van der Waals surface area contributed by atoms with E-state index in [2.05, 4.69) is 5.32 Å². The second kappa shape index (κ2) is 5.35. The first kappa shape index (κ1) is 9.56. The van der Waals surface area contributed by atoms with Gasteiger partial charge in [-0.25, -0.2) is 4.79 Å². The standard InChI is InChI=1S/C6H12ClNO2/c1-2-5(3-4-7)8-6(9)10/h5,8H,2-4H2,1H3,(H,9,10). The smallest absolute Gasteiger partial charge is 0.404 e. The Morgan fingerprint density at radius 2 is 2.40 bits per heavy atom. The lowest BCUT2D eigenvalue weighted by Gasteiger charge is -2.11. The number of alkyl halides is 1. The Hall–Kier alpha value is -0.440. The van der Waals surface area contributed by atoms with Crippen molar-refractivity contribution in [1.82, 2.24) is 5.32 Å². The lowest BCUT2D eigenvalue weighted by molar-refractivity contribution is 0.189. The number of hydrogen-bond acceptors (Lipinski definition) is 1. The number of carboxylic acid groups (broad SMARTS) is 1. The van der Waals surface area contributed by atoms with Crippen LogP contribution in [-0.4, -0.2) is 23.1 Å². The van der Waals surface area contributed by atoms with Crippen molar-refractivity contribution in [3.05, 3.63) is 0 Å². The lowest BCUT2D eigenvalue weighted by atomic mass is 10.2. The molecule has 0 fully saturated rings. The Kier molecular flexibility index (Phi) is 5.12. The molecule has 0 aliphatic heterocycles. The van der Waals surface area contributed by atoms with Gasteiger partial charge in [0, 0.05) is 11.9 Å². The summed E-state index contributed by atoms with van der Waals surface area (Å²) in [5, 5.41) is 10.7. The predicted octanol–water partition coefficient (Wildman–Crippen LogP) is 1.66. The SMILES string of the molecule is CCC(CCCl)NC(=O)O. The number of carbonyl (C=O) groups is 1. The van der Waals surface area contributed by atoms with E-state index < -0.39 is 6.09 Å². The quantitative estimate of drug-likeness (QED) is 0.623. The van der Waals surface area contributed by atoms with Crippen molar-refractivity contribution in [1.29, 1.82) is 0 Å². The average Bonchev–Trinajstić information content (AvgIpc) is 1.86. The van der Waals surface area contributed by atoms with Gasteiger partial charge in [0.15, 0.2) is 0 Å². The van der Waals surface area contributed by atoms with E-state index in [1.165, 1.54) is 0 Å². The second-order valence-electron chi connectivity index (χ2n) is 2.03. The van der Waals surface area contributed by atoms with Gasteiger partial charge >= 0.3 is 6.09 Å². The normalized spacial score (nSPS) is 12.6. The summed E-state index contributed by atoms with van der Waals surface area (Å²) in [7, 11) is 0. The first-order chi connectivity index (χ1) is 4.70. The minimum Gasteiger partial charge on any atom is -0.465 e. The molecule has 0 aromatic carbocycles. The van der Waals surface area contributed by atoms with E-state index in [1.54, 1.807) is 0 Å². The molecule has 0 heterocycles. The molecule has 0 aromatic heterocycles. The monoisotopic (exact) mass is 165 g/mol. The zero-order valence-electron chi connectivity index (χ0n) is 5.93. The fourth-order valence-electron chi connectivity index (χ4n) is 0.685. The number of amides is 1. The van der Waals surface area contributed by atoms with Gasteiger partial charge in [0.25, 0.3) is 0 Å². The summed E-state index contributed by atoms with van der Waals surface area (Å²) in [5.74, 6) is 0.499. The maximum absolute atomic E-state index is 10.1. The average molecular weight is 166 g/mol. The molecule has 0 spiro atoms. The second-order valence-corrected chi connectivity index (χ2v) is 2.41. The van der Waals surface area contributed by atoms with E-state index in [-0.39, 0.29) is 6.04 Å². The molecule has 0 saturated heterocycles. The molecule has 0 saturated carbocycles. The number of hydrogen-bond donors (Lipinski definition) is 2. The molecule has 0 bridgehead atoms. The lowest BCUT2D eigenvalue weighted by Crippen LogP contribution is -2.33. The maximum atomic E-state index is 10.1. The van der Waals surface area contributed by atoms with Crippen molar-refractivity contribution >= 4 is 17.7 Å². The van der Waals surface area contributed by atoms with Crippen molar-refractivity contribution in [2.45, 2.75) is 25.8 Å². The molecule has 10 heavy (non-hydrogen) atoms. The van der Waals surface area contributed by atoms with E-state index in [0.29, 0.717) is 12.3 Å². The molecule has 0 radical (unpaired) electrons. The van der Waals surface area contributed by atoms with Gasteiger partial charge in [0.05, 0.1) is 0 Å². The maximum Gasteiger partial charge on any atom is 0.404 e. The molecule has 1 amide bonds. The number of halogens is 1. The largest absolute Gasteiger partial charge is 0.465 e. The highest BCUT2D eigenvalue weighted by atomic mass is 35.5. The predicted molar refractivity (Wildman–Crippen MR) is 40.6 cm³/mol. The highest BCUT2D eigenvalue weighted by molar-refractivity contribution is 6.17. The van der Waals surface area contributed by atoms with Gasteiger partial charge < -0.3 is 10.4 Å². The van der Waals surface area contributed by atoms with Crippen molar-refractivity contribution in [2.24, 2.45) is 0 Å². The zero-order chi connectivity index (χ0) is 7.98. The summed E-state index contributed by atoms with van der Waals surface area (Å²) >= 11 is 5.43. The van der Waals surface area contributed by atoms with Crippen molar-refractivity contribution in [2.75, 3.05) is 5.88 Å². The summed E-state index contributed by atoms with van der Waals surface area (Å²) in [6, 6.07) is 0.00926. The molecule has 4 heteroatoms. The fraction of sp³-hybridized carbons (Fsp3) is 0.833. The Bertz CT molecular complexity index is 108. The molecule has 0 aliphatic rings.